The molecule has 0 bridgehead atoms. The lowest BCUT2D eigenvalue weighted by atomic mass is 9.70. The average Bonchev–Trinajstić information content (AvgIpc) is 2.76. The zero-order valence-electron chi connectivity index (χ0n) is 12.3. The summed E-state index contributed by atoms with van der Waals surface area (Å²) in [6, 6.07) is 0. The first-order valence-electron chi connectivity index (χ1n) is 7.09. The maximum atomic E-state index is 9.52. The summed E-state index contributed by atoms with van der Waals surface area (Å²) in [5.41, 5.74) is 1.34. The molecule has 0 saturated carbocycles. The number of hydrogen-bond donors (Lipinski definition) is 1. The fraction of sp³-hybridized carbons (Fsp3) is 0.733. The molecular weight excluding hydrogens is 240 g/mol. The molecule has 4 heteroatoms. The van der Waals surface area contributed by atoms with Gasteiger partial charge in [0.15, 0.2) is 0 Å². The van der Waals surface area contributed by atoms with Crippen LogP contribution in [-0.2, 0) is 6.42 Å². The molecule has 106 valence electrons. The van der Waals surface area contributed by atoms with Crippen LogP contribution in [0.4, 0.5) is 0 Å². The fourth-order valence-electron chi connectivity index (χ4n) is 3.12. The van der Waals surface area contributed by atoms with Gasteiger partial charge < -0.3 is 9.52 Å². The van der Waals surface area contributed by atoms with Crippen LogP contribution in [-0.4, -0.2) is 21.9 Å². The van der Waals surface area contributed by atoms with Gasteiger partial charge in [0.25, 0.3) is 0 Å². The van der Waals surface area contributed by atoms with Crippen molar-refractivity contribution in [3.05, 3.63) is 23.4 Å². The first-order chi connectivity index (χ1) is 9.01. The lowest BCUT2D eigenvalue weighted by molar-refractivity contribution is 0.147. The smallest absolute Gasteiger partial charge is 0.217 e. The van der Waals surface area contributed by atoms with E-state index in [9.17, 15) is 5.11 Å². The van der Waals surface area contributed by atoms with E-state index in [4.69, 9.17) is 4.42 Å². The van der Waals surface area contributed by atoms with Crippen molar-refractivity contribution in [3.63, 3.8) is 0 Å². The van der Waals surface area contributed by atoms with E-state index < -0.39 is 0 Å². The van der Waals surface area contributed by atoms with E-state index in [2.05, 4.69) is 37.0 Å². The summed E-state index contributed by atoms with van der Waals surface area (Å²) < 4.78 is 5.48. The predicted molar refractivity (Wildman–Crippen MR) is 73.5 cm³/mol. The summed E-state index contributed by atoms with van der Waals surface area (Å²) in [6.45, 7) is 8.67. The molecule has 1 aromatic heterocycles. The second-order valence-electron chi connectivity index (χ2n) is 6.02. The van der Waals surface area contributed by atoms with Gasteiger partial charge >= 0.3 is 0 Å². The summed E-state index contributed by atoms with van der Waals surface area (Å²) in [5.74, 6) is 3.20. The highest BCUT2D eigenvalue weighted by molar-refractivity contribution is 5.13. The van der Waals surface area contributed by atoms with Crippen molar-refractivity contribution in [2.75, 3.05) is 6.61 Å². The zero-order chi connectivity index (χ0) is 14.0. The van der Waals surface area contributed by atoms with Gasteiger partial charge in [-0.05, 0) is 31.1 Å². The number of aliphatic hydroxyl groups is 1. The number of aliphatic hydroxyl groups excluding tert-OH is 1. The first-order valence-corrected chi connectivity index (χ1v) is 7.09. The maximum Gasteiger partial charge on any atom is 0.217 e. The largest absolute Gasteiger partial charge is 0.426 e. The third-order valence-electron chi connectivity index (χ3n) is 4.28. The van der Waals surface area contributed by atoms with Crippen LogP contribution in [0.3, 0.4) is 0 Å². The minimum Gasteiger partial charge on any atom is -0.426 e. The molecule has 0 saturated heterocycles. The van der Waals surface area contributed by atoms with Gasteiger partial charge in [0.2, 0.25) is 11.8 Å². The van der Waals surface area contributed by atoms with E-state index in [1.54, 1.807) is 0 Å². The van der Waals surface area contributed by atoms with Crippen LogP contribution in [0.1, 0.15) is 39.0 Å². The Kier molecular flexibility index (Phi) is 4.40. The molecule has 3 unspecified atom stereocenters. The van der Waals surface area contributed by atoms with Crippen molar-refractivity contribution in [2.45, 2.75) is 40.5 Å². The van der Waals surface area contributed by atoms with Gasteiger partial charge in [-0.3, -0.25) is 0 Å². The molecule has 1 aliphatic carbocycles. The normalized spacial score (nSPS) is 27.7. The molecule has 2 rings (SSSR count). The molecule has 19 heavy (non-hydrogen) atoms. The second kappa shape index (κ2) is 5.87. The number of aromatic nitrogens is 2. The molecule has 0 radical (unpaired) electrons. The Morgan fingerprint density at radius 3 is 2.63 bits per heavy atom. The molecule has 3 atom stereocenters. The van der Waals surface area contributed by atoms with Crippen LogP contribution < -0.4 is 0 Å². The molecule has 4 nitrogen and oxygen atoms in total. The Labute approximate surface area is 114 Å². The van der Waals surface area contributed by atoms with Crippen LogP contribution in [0.5, 0.6) is 0 Å². The van der Waals surface area contributed by atoms with Crippen LogP contribution >= 0.6 is 0 Å². The highest BCUT2D eigenvalue weighted by Gasteiger charge is 2.31. The topological polar surface area (TPSA) is 59.2 Å². The van der Waals surface area contributed by atoms with Crippen molar-refractivity contribution in [1.29, 1.82) is 0 Å². The third-order valence-corrected chi connectivity index (χ3v) is 4.28. The van der Waals surface area contributed by atoms with Crippen molar-refractivity contribution in [2.24, 2.45) is 23.7 Å². The molecule has 1 aliphatic rings. The van der Waals surface area contributed by atoms with E-state index in [-0.39, 0.29) is 6.61 Å². The van der Waals surface area contributed by atoms with Gasteiger partial charge in [0.05, 0.1) is 0 Å². The summed E-state index contributed by atoms with van der Waals surface area (Å²) in [4.78, 5) is 0. The van der Waals surface area contributed by atoms with Gasteiger partial charge in [-0.1, -0.05) is 25.5 Å². The molecule has 0 amide bonds. The SMILES string of the molecule is CC1=CC(CO)C(C(C)C)CC1Cc1nnc(C)o1. The van der Waals surface area contributed by atoms with Crippen molar-refractivity contribution >= 4 is 0 Å². The quantitative estimate of drug-likeness (QED) is 0.849. The Morgan fingerprint density at radius 1 is 1.37 bits per heavy atom. The van der Waals surface area contributed by atoms with Crippen LogP contribution in [0.15, 0.2) is 16.1 Å². The molecular formula is C15H24N2O2. The summed E-state index contributed by atoms with van der Waals surface area (Å²) in [6.07, 6.45) is 4.14. The summed E-state index contributed by atoms with van der Waals surface area (Å²) in [7, 11) is 0. The highest BCUT2D eigenvalue weighted by Crippen LogP contribution is 2.38. The van der Waals surface area contributed by atoms with Crippen LogP contribution in [0.2, 0.25) is 0 Å². The van der Waals surface area contributed by atoms with Gasteiger partial charge in [-0.25, -0.2) is 0 Å². The maximum absolute atomic E-state index is 9.52. The second-order valence-corrected chi connectivity index (χ2v) is 6.02. The van der Waals surface area contributed by atoms with Gasteiger partial charge in [0, 0.05) is 25.9 Å². The number of rotatable bonds is 4. The van der Waals surface area contributed by atoms with Gasteiger partial charge in [-0.2, -0.15) is 0 Å². The Bertz CT molecular complexity index is 451. The predicted octanol–water partition coefficient (Wildman–Crippen LogP) is 2.77. The van der Waals surface area contributed by atoms with Crippen LogP contribution in [0.25, 0.3) is 0 Å². The monoisotopic (exact) mass is 264 g/mol. The van der Waals surface area contributed by atoms with Crippen molar-refractivity contribution < 1.29 is 9.52 Å². The summed E-state index contributed by atoms with van der Waals surface area (Å²) >= 11 is 0. The number of aryl methyl sites for hydroxylation is 1. The summed E-state index contributed by atoms with van der Waals surface area (Å²) in [5, 5.41) is 17.5. The van der Waals surface area contributed by atoms with E-state index in [0.29, 0.717) is 29.6 Å². The van der Waals surface area contributed by atoms with E-state index >= 15 is 0 Å². The standard InChI is InChI=1S/C15H24N2O2/c1-9(2)14-6-12(10(3)5-13(14)8-18)7-15-17-16-11(4)19-15/h5,9,12-14,18H,6-8H2,1-4H3. The molecule has 0 aliphatic heterocycles. The minimum atomic E-state index is 0.243. The average molecular weight is 264 g/mol. The molecule has 1 N–H and O–H groups in total. The molecule has 1 aromatic rings. The fourth-order valence-corrected chi connectivity index (χ4v) is 3.12. The van der Waals surface area contributed by atoms with Gasteiger partial charge in [-0.15, -0.1) is 10.2 Å². The molecule has 0 aromatic carbocycles. The van der Waals surface area contributed by atoms with Crippen LogP contribution in [0, 0.1) is 30.6 Å². The lowest BCUT2D eigenvalue weighted by Crippen LogP contribution is -2.30. The van der Waals surface area contributed by atoms with E-state index in [1.165, 1.54) is 5.57 Å². The van der Waals surface area contributed by atoms with Crippen molar-refractivity contribution in [3.8, 4) is 0 Å². The van der Waals surface area contributed by atoms with Crippen molar-refractivity contribution in [1.82, 2.24) is 10.2 Å². The Morgan fingerprint density at radius 2 is 2.11 bits per heavy atom. The zero-order valence-corrected chi connectivity index (χ0v) is 12.3. The number of hydrogen-bond acceptors (Lipinski definition) is 4. The molecule has 0 spiro atoms. The van der Waals surface area contributed by atoms with Gasteiger partial charge in [0.1, 0.15) is 0 Å². The van der Waals surface area contributed by atoms with E-state index in [0.717, 1.165) is 18.7 Å². The lowest BCUT2D eigenvalue weighted by Gasteiger charge is -2.36. The molecule has 0 fully saturated rings. The highest BCUT2D eigenvalue weighted by atomic mass is 16.4. The van der Waals surface area contributed by atoms with E-state index in [1.807, 2.05) is 6.92 Å². The number of allylic oxidation sites excluding steroid dienone is 1. The number of nitrogens with zero attached hydrogens (tertiary/aromatic N) is 2. The minimum absolute atomic E-state index is 0.243. The third kappa shape index (κ3) is 3.24. The molecule has 1 heterocycles. The Balaban J connectivity index is 2.13. The Hall–Kier alpha value is -1.16. The first kappa shape index (κ1) is 14.3.